The van der Waals surface area contributed by atoms with Crippen LogP contribution in [0.2, 0.25) is 10.0 Å². The zero-order valence-electron chi connectivity index (χ0n) is 7.85. The van der Waals surface area contributed by atoms with E-state index in [0.29, 0.717) is 0 Å². The number of hydrogen-bond donors (Lipinski definition) is 0. The van der Waals surface area contributed by atoms with E-state index in [4.69, 9.17) is 33.9 Å². The third kappa shape index (κ3) is 3.91. The van der Waals surface area contributed by atoms with Gasteiger partial charge in [-0.2, -0.15) is 13.2 Å². The van der Waals surface area contributed by atoms with Crippen molar-refractivity contribution in [2.24, 2.45) is 0 Å². The fraction of sp³-hybridized carbons (Fsp3) is 0.250. The monoisotopic (exact) mass is 326 g/mol. The Labute approximate surface area is 110 Å². The molecule has 17 heavy (non-hydrogen) atoms. The van der Waals surface area contributed by atoms with Crippen LogP contribution in [0.15, 0.2) is 12.1 Å². The molecule has 0 N–H and O–H groups in total. The second kappa shape index (κ2) is 4.84. The van der Waals surface area contributed by atoms with Gasteiger partial charge in [-0.3, -0.25) is 0 Å². The summed E-state index contributed by atoms with van der Waals surface area (Å²) >= 11 is 10.9. The molecular formula is C8H4Cl3F3O2S. The molecule has 0 heterocycles. The second-order valence-electron chi connectivity index (χ2n) is 3.06. The van der Waals surface area contributed by atoms with Crippen molar-refractivity contribution < 1.29 is 21.6 Å². The number of benzene rings is 1. The predicted molar refractivity (Wildman–Crippen MR) is 59.9 cm³/mol. The Morgan fingerprint density at radius 1 is 1.12 bits per heavy atom. The van der Waals surface area contributed by atoms with Crippen LogP contribution in [0, 0.1) is 0 Å². The number of rotatable bonds is 2. The molecule has 1 rings (SSSR count). The molecule has 0 saturated heterocycles. The fourth-order valence-corrected chi connectivity index (χ4v) is 2.77. The summed E-state index contributed by atoms with van der Waals surface area (Å²) < 4.78 is 59.7. The van der Waals surface area contributed by atoms with E-state index >= 15 is 0 Å². The first-order valence-corrected chi connectivity index (χ1v) is 7.22. The lowest BCUT2D eigenvalue weighted by Crippen LogP contribution is -2.12. The first-order valence-electron chi connectivity index (χ1n) is 3.99. The molecule has 0 radical (unpaired) electrons. The van der Waals surface area contributed by atoms with Gasteiger partial charge in [-0.15, -0.1) is 0 Å². The second-order valence-corrected chi connectivity index (χ2v) is 6.66. The third-order valence-corrected chi connectivity index (χ3v) is 3.43. The van der Waals surface area contributed by atoms with Crippen molar-refractivity contribution >= 4 is 42.9 Å². The predicted octanol–water partition coefficient (Wildman–Crippen LogP) is 4.08. The number of alkyl halides is 3. The molecule has 1 aromatic rings. The van der Waals surface area contributed by atoms with Gasteiger partial charge < -0.3 is 0 Å². The molecular weight excluding hydrogens is 324 g/mol. The summed E-state index contributed by atoms with van der Waals surface area (Å²) in [5.74, 6) is -1.04. The molecule has 0 spiro atoms. The maximum atomic E-state index is 12.7. The van der Waals surface area contributed by atoms with Crippen molar-refractivity contribution in [2.45, 2.75) is 11.9 Å². The average molecular weight is 328 g/mol. The lowest BCUT2D eigenvalue weighted by molar-refractivity contribution is -0.138. The standard InChI is InChI=1S/C8H4Cl3F3O2S/c9-5-1-2-6(10)7(8(12,13)14)4(5)3-17(11,15)16/h1-2H,3H2. The van der Waals surface area contributed by atoms with Gasteiger partial charge in [-0.25, -0.2) is 8.42 Å². The Morgan fingerprint density at radius 2 is 1.59 bits per heavy atom. The Balaban J connectivity index is 3.52. The van der Waals surface area contributed by atoms with Gasteiger partial charge in [0.25, 0.3) is 0 Å². The smallest absolute Gasteiger partial charge is 0.212 e. The average Bonchev–Trinajstić information content (AvgIpc) is 2.06. The van der Waals surface area contributed by atoms with Crippen LogP contribution >= 0.6 is 33.9 Å². The first kappa shape index (κ1) is 14.9. The lowest BCUT2D eigenvalue weighted by Gasteiger charge is -2.14. The van der Waals surface area contributed by atoms with Crippen molar-refractivity contribution in [3.05, 3.63) is 33.3 Å². The topological polar surface area (TPSA) is 34.1 Å². The molecule has 0 aliphatic carbocycles. The summed E-state index contributed by atoms with van der Waals surface area (Å²) in [6.45, 7) is 0. The van der Waals surface area contributed by atoms with Crippen LogP contribution < -0.4 is 0 Å². The first-order chi connectivity index (χ1) is 7.52. The number of hydrogen-bond acceptors (Lipinski definition) is 2. The van der Waals surface area contributed by atoms with Crippen molar-refractivity contribution in [3.63, 3.8) is 0 Å². The number of halogens is 6. The highest BCUT2D eigenvalue weighted by molar-refractivity contribution is 8.13. The minimum absolute atomic E-state index is 0.356. The summed E-state index contributed by atoms with van der Waals surface area (Å²) in [6.07, 6.45) is -4.81. The largest absolute Gasteiger partial charge is 0.418 e. The molecule has 2 nitrogen and oxygen atoms in total. The Hall–Kier alpha value is -0.170. The van der Waals surface area contributed by atoms with Crippen LogP contribution in [0.5, 0.6) is 0 Å². The van der Waals surface area contributed by atoms with Crippen LogP contribution in [-0.4, -0.2) is 8.42 Å². The van der Waals surface area contributed by atoms with Crippen LogP contribution in [0.4, 0.5) is 13.2 Å². The van der Waals surface area contributed by atoms with Gasteiger partial charge in [0.1, 0.15) is 0 Å². The maximum Gasteiger partial charge on any atom is 0.418 e. The Morgan fingerprint density at radius 3 is 2.00 bits per heavy atom. The molecule has 0 aliphatic heterocycles. The zero-order chi connectivity index (χ0) is 13.4. The normalized spacial score (nSPS) is 12.8. The highest BCUT2D eigenvalue weighted by atomic mass is 35.7. The quantitative estimate of drug-likeness (QED) is 0.767. The van der Waals surface area contributed by atoms with Gasteiger partial charge >= 0.3 is 6.18 Å². The molecule has 0 saturated carbocycles. The van der Waals surface area contributed by atoms with Crippen molar-refractivity contribution in [1.82, 2.24) is 0 Å². The fourth-order valence-electron chi connectivity index (χ4n) is 1.21. The highest BCUT2D eigenvalue weighted by Crippen LogP contribution is 2.40. The molecule has 0 bridgehead atoms. The highest BCUT2D eigenvalue weighted by Gasteiger charge is 2.37. The lowest BCUT2D eigenvalue weighted by atomic mass is 10.1. The van der Waals surface area contributed by atoms with Crippen LogP contribution in [-0.2, 0) is 21.0 Å². The van der Waals surface area contributed by atoms with Crippen molar-refractivity contribution in [1.29, 1.82) is 0 Å². The molecule has 1 aromatic carbocycles. The Bertz CT molecular complexity index is 540. The Kier molecular flexibility index (Phi) is 4.24. The van der Waals surface area contributed by atoms with E-state index in [-0.39, 0.29) is 5.02 Å². The van der Waals surface area contributed by atoms with E-state index in [1.807, 2.05) is 0 Å². The van der Waals surface area contributed by atoms with E-state index < -0.39 is 37.1 Å². The molecule has 0 aliphatic rings. The summed E-state index contributed by atoms with van der Waals surface area (Å²) in [6, 6.07) is 2.02. The van der Waals surface area contributed by atoms with Gasteiger partial charge in [0.15, 0.2) is 0 Å². The third-order valence-electron chi connectivity index (χ3n) is 1.81. The van der Waals surface area contributed by atoms with E-state index in [1.165, 1.54) is 0 Å². The minimum Gasteiger partial charge on any atom is -0.212 e. The summed E-state index contributed by atoms with van der Waals surface area (Å²) in [5.41, 5.74) is -1.93. The summed E-state index contributed by atoms with van der Waals surface area (Å²) in [5, 5.41) is -0.983. The van der Waals surface area contributed by atoms with E-state index in [1.54, 1.807) is 0 Å². The molecule has 0 atom stereocenters. The van der Waals surface area contributed by atoms with Gasteiger partial charge in [0.05, 0.1) is 16.3 Å². The van der Waals surface area contributed by atoms with Gasteiger partial charge in [0, 0.05) is 21.3 Å². The van der Waals surface area contributed by atoms with Gasteiger partial charge in [-0.05, 0) is 12.1 Å². The molecule has 0 amide bonds. The van der Waals surface area contributed by atoms with E-state index in [9.17, 15) is 21.6 Å². The summed E-state index contributed by atoms with van der Waals surface area (Å²) in [4.78, 5) is 0. The molecule has 0 aromatic heterocycles. The van der Waals surface area contributed by atoms with Crippen LogP contribution in [0.3, 0.4) is 0 Å². The maximum absolute atomic E-state index is 12.7. The molecule has 9 heteroatoms. The van der Waals surface area contributed by atoms with Crippen LogP contribution in [0.25, 0.3) is 0 Å². The minimum atomic E-state index is -4.81. The molecule has 96 valence electrons. The van der Waals surface area contributed by atoms with Gasteiger partial charge in [-0.1, -0.05) is 23.2 Å². The summed E-state index contributed by atoms with van der Waals surface area (Å²) in [7, 11) is 0.747. The SMILES string of the molecule is O=S(=O)(Cl)Cc1c(Cl)ccc(Cl)c1C(F)(F)F. The van der Waals surface area contributed by atoms with Gasteiger partial charge in [0.2, 0.25) is 9.05 Å². The van der Waals surface area contributed by atoms with Crippen molar-refractivity contribution in [2.75, 3.05) is 0 Å². The van der Waals surface area contributed by atoms with Crippen LogP contribution in [0.1, 0.15) is 11.1 Å². The van der Waals surface area contributed by atoms with E-state index in [2.05, 4.69) is 0 Å². The molecule has 0 fully saturated rings. The zero-order valence-corrected chi connectivity index (χ0v) is 10.9. The van der Waals surface area contributed by atoms with E-state index in [0.717, 1.165) is 12.1 Å². The van der Waals surface area contributed by atoms with Crippen molar-refractivity contribution in [3.8, 4) is 0 Å². The molecule has 0 unspecified atom stereocenters.